The molecule has 42 heavy (non-hydrogen) atoms. The van der Waals surface area contributed by atoms with E-state index in [1.54, 1.807) is 11.9 Å². The Balaban J connectivity index is 1.43. The SMILES string of the molecule is C[C@H]1/C=C/CCN(C)C(=O)CC(C(=O)O)c2ccc3c(c2)N(C[C@@H]2CC[C@H]21)C[C@@]1(CCCC2C=C(Cl)C=CC21C)CO3. The number of hydrogen-bond donors (Lipinski definition) is 1. The van der Waals surface area contributed by atoms with Crippen molar-refractivity contribution in [3.8, 4) is 5.75 Å². The maximum Gasteiger partial charge on any atom is 0.311 e. The molecular weight excluding hydrogens is 548 g/mol. The Morgan fingerprint density at radius 1 is 1.21 bits per heavy atom. The summed E-state index contributed by atoms with van der Waals surface area (Å²) in [5.41, 5.74) is 1.42. The van der Waals surface area contributed by atoms with Crippen LogP contribution in [0, 0.1) is 34.5 Å². The van der Waals surface area contributed by atoms with E-state index >= 15 is 0 Å². The molecule has 2 saturated carbocycles. The zero-order chi connectivity index (χ0) is 29.6. The van der Waals surface area contributed by atoms with Crippen molar-refractivity contribution in [3.05, 3.63) is 59.2 Å². The summed E-state index contributed by atoms with van der Waals surface area (Å²) in [5, 5.41) is 11.1. The molecule has 6 rings (SSSR count). The van der Waals surface area contributed by atoms with Gasteiger partial charge in [0.05, 0.1) is 18.2 Å². The van der Waals surface area contributed by atoms with E-state index in [0.717, 1.165) is 55.2 Å². The van der Waals surface area contributed by atoms with Crippen LogP contribution in [-0.2, 0) is 9.59 Å². The molecule has 226 valence electrons. The van der Waals surface area contributed by atoms with Gasteiger partial charge in [0.15, 0.2) is 0 Å². The van der Waals surface area contributed by atoms with Crippen LogP contribution < -0.4 is 9.64 Å². The lowest BCUT2D eigenvalue weighted by molar-refractivity contribution is -0.142. The highest BCUT2D eigenvalue weighted by atomic mass is 35.5. The molecule has 7 atom stereocenters. The van der Waals surface area contributed by atoms with Crippen LogP contribution in [0.25, 0.3) is 0 Å². The summed E-state index contributed by atoms with van der Waals surface area (Å²) in [6.07, 6.45) is 17.6. The van der Waals surface area contributed by atoms with E-state index in [2.05, 4.69) is 49.1 Å². The zero-order valence-corrected chi connectivity index (χ0v) is 26.0. The Morgan fingerprint density at radius 2 is 2.05 bits per heavy atom. The molecule has 5 aliphatic rings. The van der Waals surface area contributed by atoms with Gasteiger partial charge >= 0.3 is 5.97 Å². The summed E-state index contributed by atoms with van der Waals surface area (Å²) in [4.78, 5) is 29.8. The number of carbonyl (C=O) groups excluding carboxylic acids is 1. The first kappa shape index (κ1) is 29.3. The van der Waals surface area contributed by atoms with Gasteiger partial charge in [0.1, 0.15) is 5.75 Å². The quantitative estimate of drug-likeness (QED) is 0.355. The van der Waals surface area contributed by atoms with E-state index in [-0.39, 0.29) is 23.2 Å². The highest BCUT2D eigenvalue weighted by Gasteiger charge is 2.56. The Kier molecular flexibility index (Phi) is 7.97. The minimum atomic E-state index is -0.971. The van der Waals surface area contributed by atoms with Gasteiger partial charge in [-0.05, 0) is 79.5 Å². The lowest BCUT2D eigenvalue weighted by Gasteiger charge is -2.56. The maximum absolute atomic E-state index is 13.1. The van der Waals surface area contributed by atoms with Gasteiger partial charge in [-0.25, -0.2) is 0 Å². The number of rotatable bonds is 1. The third kappa shape index (κ3) is 5.18. The first-order valence-electron chi connectivity index (χ1n) is 15.8. The molecule has 1 amide bonds. The van der Waals surface area contributed by atoms with Crippen molar-refractivity contribution in [3.63, 3.8) is 0 Å². The van der Waals surface area contributed by atoms with Crippen LogP contribution in [0.5, 0.6) is 5.75 Å². The molecule has 6 nitrogen and oxygen atoms in total. The van der Waals surface area contributed by atoms with Gasteiger partial charge in [0.2, 0.25) is 5.91 Å². The van der Waals surface area contributed by atoms with Crippen molar-refractivity contribution in [2.45, 2.75) is 64.7 Å². The van der Waals surface area contributed by atoms with E-state index in [1.807, 2.05) is 18.2 Å². The van der Waals surface area contributed by atoms with Crippen LogP contribution in [0.1, 0.15) is 70.3 Å². The summed E-state index contributed by atoms with van der Waals surface area (Å²) in [6, 6.07) is 5.82. The van der Waals surface area contributed by atoms with Crippen LogP contribution in [0.3, 0.4) is 0 Å². The number of anilines is 1. The van der Waals surface area contributed by atoms with Crippen molar-refractivity contribution >= 4 is 29.2 Å². The lowest BCUT2D eigenvalue weighted by Crippen LogP contribution is -2.56. The van der Waals surface area contributed by atoms with Gasteiger partial charge < -0.3 is 19.6 Å². The first-order chi connectivity index (χ1) is 20.1. The van der Waals surface area contributed by atoms with Gasteiger partial charge in [-0.15, -0.1) is 0 Å². The molecule has 0 aromatic heterocycles. The second kappa shape index (κ2) is 11.4. The smallest absolute Gasteiger partial charge is 0.311 e. The first-order valence-corrected chi connectivity index (χ1v) is 16.2. The van der Waals surface area contributed by atoms with Gasteiger partial charge in [0, 0.05) is 49.0 Å². The maximum atomic E-state index is 13.1. The summed E-state index contributed by atoms with van der Waals surface area (Å²) < 4.78 is 6.72. The predicted molar refractivity (Wildman–Crippen MR) is 167 cm³/mol. The molecular formula is C35H45ClN2O4. The number of benzene rings is 1. The Morgan fingerprint density at radius 3 is 2.81 bits per heavy atom. The van der Waals surface area contributed by atoms with Crippen LogP contribution in [-0.4, -0.2) is 55.2 Å². The van der Waals surface area contributed by atoms with E-state index in [0.29, 0.717) is 42.4 Å². The lowest BCUT2D eigenvalue weighted by atomic mass is 9.51. The van der Waals surface area contributed by atoms with Crippen LogP contribution in [0.4, 0.5) is 5.69 Å². The highest BCUT2D eigenvalue weighted by Crippen LogP contribution is 2.59. The fourth-order valence-electron chi connectivity index (χ4n) is 8.47. The van der Waals surface area contributed by atoms with Crippen molar-refractivity contribution in [2.75, 3.05) is 38.2 Å². The predicted octanol–water partition coefficient (Wildman–Crippen LogP) is 7.01. The summed E-state index contributed by atoms with van der Waals surface area (Å²) in [7, 11) is 1.77. The normalized spacial score (nSPS) is 37.5. The summed E-state index contributed by atoms with van der Waals surface area (Å²) in [6.45, 7) is 7.68. The number of ether oxygens (including phenoxy) is 1. The molecule has 2 aliphatic heterocycles. The molecule has 2 bridgehead atoms. The molecule has 3 aliphatic carbocycles. The molecule has 1 aromatic carbocycles. The second-order valence-corrected chi connectivity index (χ2v) is 14.3. The van der Waals surface area contributed by atoms with Gasteiger partial charge in [0.25, 0.3) is 0 Å². The fraction of sp³-hybridized carbons (Fsp3) is 0.600. The molecule has 0 saturated heterocycles. The van der Waals surface area contributed by atoms with Crippen LogP contribution in [0.2, 0.25) is 0 Å². The Labute approximate surface area is 255 Å². The van der Waals surface area contributed by atoms with E-state index < -0.39 is 11.9 Å². The number of allylic oxidation sites excluding steroid dienone is 5. The number of nitrogens with zero attached hydrogens (tertiary/aromatic N) is 2. The molecule has 1 N–H and O–H groups in total. The minimum absolute atomic E-state index is 0.0577. The number of carboxylic acids is 1. The van der Waals surface area contributed by atoms with Crippen molar-refractivity contribution in [1.29, 1.82) is 0 Å². The van der Waals surface area contributed by atoms with E-state index in [1.165, 1.54) is 12.8 Å². The van der Waals surface area contributed by atoms with Gasteiger partial charge in [-0.2, -0.15) is 0 Å². The van der Waals surface area contributed by atoms with E-state index in [4.69, 9.17) is 16.3 Å². The largest absolute Gasteiger partial charge is 0.491 e. The van der Waals surface area contributed by atoms with Crippen molar-refractivity contribution in [1.82, 2.24) is 4.90 Å². The molecule has 3 unspecified atom stereocenters. The molecule has 1 spiro atoms. The molecule has 0 radical (unpaired) electrons. The third-order valence-corrected chi connectivity index (χ3v) is 11.8. The van der Waals surface area contributed by atoms with Gasteiger partial charge in [-0.1, -0.05) is 62.2 Å². The van der Waals surface area contributed by atoms with Crippen LogP contribution in [0.15, 0.2) is 53.6 Å². The van der Waals surface area contributed by atoms with Crippen molar-refractivity contribution < 1.29 is 19.4 Å². The number of aliphatic carboxylic acids is 1. The average Bonchev–Trinajstić information content (AvgIpc) is 3.10. The fourth-order valence-corrected chi connectivity index (χ4v) is 8.69. The molecule has 2 fully saturated rings. The highest BCUT2D eigenvalue weighted by molar-refractivity contribution is 6.31. The topological polar surface area (TPSA) is 70.1 Å². The van der Waals surface area contributed by atoms with Crippen molar-refractivity contribution in [2.24, 2.45) is 34.5 Å². The van der Waals surface area contributed by atoms with Crippen LogP contribution >= 0.6 is 11.6 Å². The monoisotopic (exact) mass is 592 g/mol. The minimum Gasteiger partial charge on any atom is -0.491 e. The standard InChI is InChI=1S/C35H45ClN2O4/c1-23-7-4-5-16-37(3)32(39)19-29(33(40)41)24-10-12-31-30(17-24)38(20-25-9-11-28(23)25)21-35(22-42-31)14-6-8-26-18-27(36)13-15-34(26,35)2/h4,7,10,12-13,15,17-18,23,25-26,28-29H,5-6,8-9,11,14,16,19-22H2,1-3H3,(H,40,41)/b7-4+/t23-,25-,26?,28-,29?,34?,35-/m0/s1. The molecule has 1 aromatic rings. The van der Waals surface area contributed by atoms with E-state index in [9.17, 15) is 14.7 Å². The summed E-state index contributed by atoms with van der Waals surface area (Å²) >= 11 is 6.51. The number of carbonyl (C=O) groups is 2. The number of amides is 1. The second-order valence-electron chi connectivity index (χ2n) is 13.8. The number of carboxylic acid groups (broad SMARTS) is 1. The average molecular weight is 593 g/mol. The molecule has 2 heterocycles. The number of halogens is 1. The third-order valence-electron chi connectivity index (χ3n) is 11.5. The number of hydrogen-bond acceptors (Lipinski definition) is 4. The summed E-state index contributed by atoms with van der Waals surface area (Å²) in [5.74, 6) is 0.794. The molecule has 7 heteroatoms. The zero-order valence-electron chi connectivity index (χ0n) is 25.2. The Bertz CT molecular complexity index is 1320. The Hall–Kier alpha value is -2.73. The van der Waals surface area contributed by atoms with Gasteiger partial charge in [-0.3, -0.25) is 9.59 Å². The number of fused-ring (bicyclic) bond motifs is 4.